The first-order chi connectivity index (χ1) is 9.02. The first kappa shape index (κ1) is 13.6. The van der Waals surface area contributed by atoms with Gasteiger partial charge in [0.1, 0.15) is 17.4 Å². The highest BCUT2D eigenvalue weighted by Gasteiger charge is 2.33. The third kappa shape index (κ3) is 2.80. The summed E-state index contributed by atoms with van der Waals surface area (Å²) in [5, 5.41) is 0. The average molecular weight is 267 g/mol. The number of nitrogens with zero attached hydrogens (tertiary/aromatic N) is 1. The summed E-state index contributed by atoms with van der Waals surface area (Å²) in [4.78, 5) is 25.2. The zero-order valence-corrected chi connectivity index (χ0v) is 10.7. The number of halogens is 2. The van der Waals surface area contributed by atoms with Crippen molar-refractivity contribution in [3.8, 4) is 0 Å². The number of Topliss-reactive ketones (excluding diaryl/α,β-unsaturated/α-hetero) is 1. The van der Waals surface area contributed by atoms with Crippen molar-refractivity contribution in [3.05, 3.63) is 29.8 Å². The molecule has 1 aromatic carbocycles. The summed E-state index contributed by atoms with van der Waals surface area (Å²) in [6.07, 6.45) is 1.46. The lowest BCUT2D eigenvalue weighted by atomic mass is 9.91. The highest BCUT2D eigenvalue weighted by molar-refractivity contribution is 6.08. The van der Waals surface area contributed by atoms with Crippen molar-refractivity contribution in [2.75, 3.05) is 11.4 Å². The number of hydrogen-bond donors (Lipinski definition) is 0. The molecule has 2 rings (SSSR count). The third-order valence-corrected chi connectivity index (χ3v) is 3.33. The monoisotopic (exact) mass is 267 g/mol. The number of ketones is 1. The lowest BCUT2D eigenvalue weighted by Crippen LogP contribution is -2.44. The van der Waals surface area contributed by atoms with Crippen molar-refractivity contribution in [2.45, 2.75) is 26.2 Å². The number of carbonyl (C=O) groups excluding carboxylic acids is 2. The van der Waals surface area contributed by atoms with Gasteiger partial charge in [-0.1, -0.05) is 6.92 Å². The molecule has 0 N–H and O–H groups in total. The Hall–Kier alpha value is -1.78. The summed E-state index contributed by atoms with van der Waals surface area (Å²) < 4.78 is 26.4. The van der Waals surface area contributed by atoms with Gasteiger partial charge in [0.25, 0.3) is 0 Å². The van der Waals surface area contributed by atoms with Crippen LogP contribution in [-0.2, 0) is 9.59 Å². The van der Waals surface area contributed by atoms with Gasteiger partial charge in [0.2, 0.25) is 5.91 Å². The summed E-state index contributed by atoms with van der Waals surface area (Å²) in [7, 11) is 0. The van der Waals surface area contributed by atoms with E-state index in [1.165, 1.54) is 4.90 Å². The molecule has 1 heterocycles. The Labute approximate surface area is 110 Å². The molecule has 1 saturated heterocycles. The van der Waals surface area contributed by atoms with Gasteiger partial charge in [0.05, 0.1) is 5.92 Å². The molecule has 102 valence electrons. The van der Waals surface area contributed by atoms with Crippen LogP contribution in [0.15, 0.2) is 18.2 Å². The maximum absolute atomic E-state index is 13.2. The van der Waals surface area contributed by atoms with E-state index in [4.69, 9.17) is 0 Å². The van der Waals surface area contributed by atoms with Crippen molar-refractivity contribution < 1.29 is 18.4 Å². The Morgan fingerprint density at radius 2 is 1.95 bits per heavy atom. The van der Waals surface area contributed by atoms with Gasteiger partial charge in [-0.05, 0) is 25.0 Å². The molecule has 1 atom stereocenters. The maximum Gasteiger partial charge on any atom is 0.237 e. The van der Waals surface area contributed by atoms with Crippen LogP contribution in [0.25, 0.3) is 0 Å². The minimum absolute atomic E-state index is 0.119. The van der Waals surface area contributed by atoms with Crippen LogP contribution in [0.4, 0.5) is 14.5 Å². The van der Waals surface area contributed by atoms with Gasteiger partial charge in [0, 0.05) is 24.7 Å². The highest BCUT2D eigenvalue weighted by Crippen LogP contribution is 2.26. The Balaban J connectivity index is 2.29. The second-order valence-corrected chi connectivity index (χ2v) is 4.63. The van der Waals surface area contributed by atoms with Gasteiger partial charge in [-0.2, -0.15) is 0 Å². The Bertz CT molecular complexity index is 496. The molecule has 0 radical (unpaired) electrons. The Morgan fingerprint density at radius 1 is 1.32 bits per heavy atom. The van der Waals surface area contributed by atoms with Gasteiger partial charge < -0.3 is 4.90 Å². The molecule has 1 aliphatic rings. The van der Waals surface area contributed by atoms with Gasteiger partial charge in [-0.3, -0.25) is 9.59 Å². The third-order valence-electron chi connectivity index (χ3n) is 3.33. The quantitative estimate of drug-likeness (QED) is 0.790. The molecule has 0 spiro atoms. The van der Waals surface area contributed by atoms with Crippen molar-refractivity contribution in [2.24, 2.45) is 5.92 Å². The highest BCUT2D eigenvalue weighted by atomic mass is 19.1. The zero-order chi connectivity index (χ0) is 14.0. The van der Waals surface area contributed by atoms with Gasteiger partial charge in [-0.15, -0.1) is 0 Å². The fourth-order valence-corrected chi connectivity index (χ4v) is 2.37. The van der Waals surface area contributed by atoms with Crippen LogP contribution in [0.1, 0.15) is 26.2 Å². The van der Waals surface area contributed by atoms with Gasteiger partial charge >= 0.3 is 0 Å². The largest absolute Gasteiger partial charge is 0.312 e. The predicted molar refractivity (Wildman–Crippen MR) is 66.7 cm³/mol. The first-order valence-corrected chi connectivity index (χ1v) is 6.33. The lowest BCUT2D eigenvalue weighted by molar-refractivity contribution is -0.133. The molecule has 1 aromatic rings. The molecule has 19 heavy (non-hydrogen) atoms. The first-order valence-electron chi connectivity index (χ1n) is 6.33. The van der Waals surface area contributed by atoms with E-state index in [0.29, 0.717) is 25.8 Å². The van der Waals surface area contributed by atoms with E-state index in [-0.39, 0.29) is 17.4 Å². The minimum atomic E-state index is -0.730. The standard InChI is InChI=1S/C14H15F2NO2/c1-2-13(18)12-4-3-5-17(14(12)19)11-7-9(15)6-10(16)8-11/h6-8,12H,2-5H2,1H3. The van der Waals surface area contributed by atoms with E-state index < -0.39 is 17.6 Å². The number of hydrogen-bond acceptors (Lipinski definition) is 2. The number of piperidine rings is 1. The Morgan fingerprint density at radius 3 is 2.53 bits per heavy atom. The van der Waals surface area contributed by atoms with Crippen molar-refractivity contribution in [1.29, 1.82) is 0 Å². The van der Waals surface area contributed by atoms with E-state index >= 15 is 0 Å². The second-order valence-electron chi connectivity index (χ2n) is 4.63. The normalized spacial score (nSPS) is 19.6. The second kappa shape index (κ2) is 5.47. The molecule has 0 bridgehead atoms. The van der Waals surface area contributed by atoms with Gasteiger partial charge in [-0.25, -0.2) is 8.78 Å². The molecule has 5 heteroatoms. The van der Waals surface area contributed by atoms with Crippen LogP contribution in [-0.4, -0.2) is 18.2 Å². The molecule has 1 aliphatic heterocycles. The van der Waals surface area contributed by atoms with Gasteiger partial charge in [0.15, 0.2) is 0 Å². The number of benzene rings is 1. The summed E-state index contributed by atoms with van der Waals surface area (Å²) in [6, 6.07) is 2.98. The molecule has 3 nitrogen and oxygen atoms in total. The SMILES string of the molecule is CCC(=O)C1CCCN(c2cc(F)cc(F)c2)C1=O. The van der Waals surface area contributed by atoms with E-state index in [2.05, 4.69) is 0 Å². The predicted octanol–water partition coefficient (Wildman–Crippen LogP) is 2.69. The van der Waals surface area contributed by atoms with Crippen LogP contribution in [0.5, 0.6) is 0 Å². The topological polar surface area (TPSA) is 37.4 Å². The summed E-state index contributed by atoms with van der Waals surface area (Å²) in [5.74, 6) is -2.61. The minimum Gasteiger partial charge on any atom is -0.312 e. The smallest absolute Gasteiger partial charge is 0.237 e. The molecule has 1 fully saturated rings. The van der Waals surface area contributed by atoms with Crippen molar-refractivity contribution in [3.63, 3.8) is 0 Å². The average Bonchev–Trinajstić information content (AvgIpc) is 2.37. The summed E-state index contributed by atoms with van der Waals surface area (Å²) in [5.41, 5.74) is 0.177. The lowest BCUT2D eigenvalue weighted by Gasteiger charge is -2.31. The number of carbonyl (C=O) groups is 2. The van der Waals surface area contributed by atoms with E-state index in [0.717, 1.165) is 18.2 Å². The van der Waals surface area contributed by atoms with E-state index in [9.17, 15) is 18.4 Å². The fraction of sp³-hybridized carbons (Fsp3) is 0.429. The zero-order valence-electron chi connectivity index (χ0n) is 10.7. The van der Waals surface area contributed by atoms with Crippen molar-refractivity contribution >= 4 is 17.4 Å². The molecular weight excluding hydrogens is 252 g/mol. The molecule has 0 saturated carbocycles. The van der Waals surface area contributed by atoms with Crippen LogP contribution >= 0.6 is 0 Å². The molecule has 0 aromatic heterocycles. The Kier molecular flexibility index (Phi) is 3.93. The van der Waals surface area contributed by atoms with Crippen LogP contribution in [0.3, 0.4) is 0 Å². The summed E-state index contributed by atoms with van der Waals surface area (Å²) in [6.45, 7) is 2.09. The number of anilines is 1. The molecule has 1 unspecified atom stereocenters. The number of rotatable bonds is 3. The molecule has 1 amide bonds. The molecule has 0 aliphatic carbocycles. The van der Waals surface area contributed by atoms with E-state index in [1.54, 1.807) is 6.92 Å². The van der Waals surface area contributed by atoms with Crippen LogP contribution < -0.4 is 4.90 Å². The summed E-state index contributed by atoms with van der Waals surface area (Å²) >= 11 is 0. The fourth-order valence-electron chi connectivity index (χ4n) is 2.37. The van der Waals surface area contributed by atoms with Crippen LogP contribution in [0.2, 0.25) is 0 Å². The maximum atomic E-state index is 13.2. The van der Waals surface area contributed by atoms with E-state index in [1.807, 2.05) is 0 Å². The molecular formula is C14H15F2NO2. The number of amides is 1. The van der Waals surface area contributed by atoms with Crippen LogP contribution in [0, 0.1) is 17.6 Å². The van der Waals surface area contributed by atoms with Crippen molar-refractivity contribution in [1.82, 2.24) is 0 Å².